The second-order valence-electron chi connectivity index (χ2n) is 28.0. The number of unbranched alkanes of at least 4 members (excludes halogenated alkanes) is 1. The Morgan fingerprint density at radius 1 is 0.500 bits per heavy atom. The molecule has 3 aromatic carbocycles. The molecule has 2 fully saturated rings. The number of benzene rings is 3. The maximum atomic E-state index is 11.8. The van der Waals surface area contributed by atoms with Crippen molar-refractivity contribution in [3.63, 3.8) is 0 Å². The van der Waals surface area contributed by atoms with Crippen LogP contribution in [0.1, 0.15) is 211 Å². The molecule has 0 radical (unpaired) electrons. The smallest absolute Gasteiger partial charge is 0.224 e. The van der Waals surface area contributed by atoms with Crippen LogP contribution in [0, 0.1) is 0 Å². The maximum absolute atomic E-state index is 11.8. The summed E-state index contributed by atoms with van der Waals surface area (Å²) in [5, 5.41) is 17.7. The molecular weight excluding hydrogens is 1040 g/mol. The summed E-state index contributed by atoms with van der Waals surface area (Å²) in [5.41, 5.74) is 7.89. The molecule has 0 unspecified atom stereocenters. The normalized spacial score (nSPS) is 15.2. The molecule has 0 spiro atoms. The highest BCUT2D eigenvalue weighted by atomic mass is 16.5. The average molecular weight is 1170 g/mol. The molecule has 3 aromatic rings. The monoisotopic (exact) mass is 1170 g/mol. The fraction of sp³-hybridized carbons (Fsp3) is 0.736. The summed E-state index contributed by atoms with van der Waals surface area (Å²) in [7, 11) is 0. The van der Waals surface area contributed by atoms with Gasteiger partial charge in [0, 0.05) is 92.3 Å². The number of carbonyl (C=O) groups excluding carboxylic acids is 1. The summed E-state index contributed by atoms with van der Waals surface area (Å²) in [6.07, 6.45) is 12.3. The molecule has 12 nitrogen and oxygen atoms in total. The van der Waals surface area contributed by atoms with Crippen LogP contribution in [0.15, 0.2) is 72.8 Å². The molecule has 1 atom stereocenters. The highest BCUT2D eigenvalue weighted by Crippen LogP contribution is 2.17. The van der Waals surface area contributed by atoms with E-state index in [1.54, 1.807) is 0 Å². The van der Waals surface area contributed by atoms with Gasteiger partial charge in [0.25, 0.3) is 0 Å². The fourth-order valence-corrected chi connectivity index (χ4v) is 9.49. The number of hydrogen-bond donors (Lipinski definition) is 5. The lowest BCUT2D eigenvalue weighted by atomic mass is 10.00. The number of ether oxygens (including phenoxy) is 4. The molecule has 2 saturated heterocycles. The van der Waals surface area contributed by atoms with Crippen LogP contribution >= 0.6 is 0 Å². The number of rotatable bonds is 28. The Balaban J connectivity index is 0.000000525. The zero-order chi connectivity index (χ0) is 63.1. The van der Waals surface area contributed by atoms with Gasteiger partial charge < -0.3 is 55.3 Å². The van der Waals surface area contributed by atoms with Gasteiger partial charge in [-0.25, -0.2) is 0 Å². The van der Waals surface area contributed by atoms with Crippen LogP contribution in [0.25, 0.3) is 0 Å². The first kappa shape index (κ1) is 78.6. The Morgan fingerprint density at radius 2 is 1.01 bits per heavy atom. The van der Waals surface area contributed by atoms with Gasteiger partial charge in [0.05, 0.1) is 26.2 Å². The standard InChI is InChI=1S/C16H27N.2C15H25NO.C13H26N2O2.C13H28N2O/c1-5-14-9-11-15(12-10-14)8-6-7-13-17-16(2,3)4;1-5-17-11-10-13-6-8-14(9-7-13)12-16-15(2,3)4;1-5-7-13-8-6-9-14(12-13)17-11-10-16-15(2,3)4;1-5-17-9-7-12(16)15-8-6-11(10-15)14-13(2,3)4;1-5-16-11-10-15-8-6-12(7-9-15)14-13(2,3)4/h9-12,17H,5-8,13H2,1-4H3;6-9,16H,5,10-12H2,1-4H3;6,8-9,12,16H,5,7,10-11H2,1-4H3;11,14H,5-10H2,1-4H3;12,14H,5-11H2,1-4H3/t;;;11-;/m...1./s1. The van der Waals surface area contributed by atoms with E-state index in [1.165, 1.54) is 79.4 Å². The molecule has 0 aliphatic carbocycles. The van der Waals surface area contributed by atoms with Gasteiger partial charge in [0.15, 0.2) is 0 Å². The molecule has 12 heteroatoms. The lowest BCUT2D eigenvalue weighted by Gasteiger charge is -2.36. The number of amides is 1. The molecule has 5 rings (SSSR count). The number of hydrogen-bond acceptors (Lipinski definition) is 11. The van der Waals surface area contributed by atoms with Crippen molar-refractivity contribution in [2.24, 2.45) is 0 Å². The summed E-state index contributed by atoms with van der Waals surface area (Å²) in [6.45, 7) is 56.8. The Labute approximate surface area is 517 Å². The second-order valence-corrected chi connectivity index (χ2v) is 28.0. The van der Waals surface area contributed by atoms with Crippen molar-refractivity contribution in [1.29, 1.82) is 0 Å². The Morgan fingerprint density at radius 3 is 1.56 bits per heavy atom. The van der Waals surface area contributed by atoms with Crippen molar-refractivity contribution in [3.8, 4) is 5.75 Å². The van der Waals surface area contributed by atoms with E-state index in [-0.39, 0.29) is 33.6 Å². The minimum absolute atomic E-state index is 0.120. The summed E-state index contributed by atoms with van der Waals surface area (Å²) in [6, 6.07) is 27.3. The molecule has 2 aliphatic heterocycles. The predicted molar refractivity (Wildman–Crippen MR) is 361 cm³/mol. The number of aryl methyl sites for hydroxylation is 3. The lowest BCUT2D eigenvalue weighted by Crippen LogP contribution is -2.49. The highest BCUT2D eigenvalue weighted by Gasteiger charge is 2.28. The Hall–Kier alpha value is -3.43. The van der Waals surface area contributed by atoms with Gasteiger partial charge in [0.1, 0.15) is 12.4 Å². The van der Waals surface area contributed by atoms with Crippen LogP contribution < -0.4 is 31.3 Å². The number of nitrogens with zero attached hydrogens (tertiary/aromatic N) is 2. The van der Waals surface area contributed by atoms with Gasteiger partial charge in [-0.1, -0.05) is 80.9 Å². The van der Waals surface area contributed by atoms with Gasteiger partial charge in [-0.2, -0.15) is 0 Å². The van der Waals surface area contributed by atoms with E-state index < -0.39 is 0 Å². The molecule has 84 heavy (non-hydrogen) atoms. The van der Waals surface area contributed by atoms with Gasteiger partial charge in [0.2, 0.25) is 5.91 Å². The van der Waals surface area contributed by atoms with E-state index in [4.69, 9.17) is 18.9 Å². The molecule has 5 N–H and O–H groups in total. The van der Waals surface area contributed by atoms with Crippen molar-refractivity contribution < 1.29 is 23.7 Å². The molecule has 0 saturated carbocycles. The fourth-order valence-electron chi connectivity index (χ4n) is 9.49. The molecule has 0 bridgehead atoms. The van der Waals surface area contributed by atoms with Crippen molar-refractivity contribution in [1.82, 2.24) is 36.4 Å². The molecule has 2 aliphatic rings. The molecular formula is C72H131N7O5. The number of piperidine rings is 1. The van der Waals surface area contributed by atoms with Gasteiger partial charge in [-0.15, -0.1) is 0 Å². The van der Waals surface area contributed by atoms with Crippen LogP contribution in [0.3, 0.4) is 0 Å². The molecule has 2 heterocycles. The lowest BCUT2D eigenvalue weighted by molar-refractivity contribution is -0.131. The summed E-state index contributed by atoms with van der Waals surface area (Å²) in [5.74, 6) is 1.20. The van der Waals surface area contributed by atoms with Gasteiger partial charge in [-0.3, -0.25) is 4.79 Å². The number of carbonyl (C=O) groups is 1. The predicted octanol–water partition coefficient (Wildman–Crippen LogP) is 13.8. The summed E-state index contributed by atoms with van der Waals surface area (Å²) < 4.78 is 21.7. The highest BCUT2D eigenvalue weighted by molar-refractivity contribution is 5.76. The second kappa shape index (κ2) is 43.3. The largest absolute Gasteiger partial charge is 0.492 e. The molecule has 0 aromatic heterocycles. The summed E-state index contributed by atoms with van der Waals surface area (Å²) >= 11 is 0. The third-order valence-corrected chi connectivity index (χ3v) is 13.9. The van der Waals surface area contributed by atoms with Crippen LogP contribution in [-0.2, 0) is 51.2 Å². The van der Waals surface area contributed by atoms with Crippen molar-refractivity contribution >= 4 is 5.91 Å². The number of likely N-dealkylation sites (tertiary alicyclic amines) is 2. The van der Waals surface area contributed by atoms with Crippen molar-refractivity contribution in [2.75, 3.05) is 92.1 Å². The van der Waals surface area contributed by atoms with Crippen molar-refractivity contribution in [3.05, 3.63) is 101 Å². The van der Waals surface area contributed by atoms with Crippen LogP contribution in [0.5, 0.6) is 5.75 Å². The van der Waals surface area contributed by atoms with Gasteiger partial charge in [-0.05, 0) is 242 Å². The van der Waals surface area contributed by atoms with Crippen LogP contribution in [-0.4, -0.2) is 148 Å². The maximum Gasteiger partial charge on any atom is 0.224 e. The van der Waals surface area contributed by atoms with E-state index in [1.807, 2.05) is 24.8 Å². The van der Waals surface area contributed by atoms with E-state index >= 15 is 0 Å². The van der Waals surface area contributed by atoms with E-state index in [0.29, 0.717) is 38.3 Å². The van der Waals surface area contributed by atoms with Crippen LogP contribution in [0.2, 0.25) is 0 Å². The van der Waals surface area contributed by atoms with Crippen LogP contribution in [0.4, 0.5) is 0 Å². The summed E-state index contributed by atoms with van der Waals surface area (Å²) in [4.78, 5) is 16.3. The first-order chi connectivity index (χ1) is 39.5. The number of nitrogens with one attached hydrogen (secondary N) is 5. The van der Waals surface area contributed by atoms with E-state index in [0.717, 1.165) is 97.1 Å². The quantitative estimate of drug-likeness (QED) is 0.0447. The topological polar surface area (TPSA) is 121 Å². The third kappa shape index (κ3) is 44.9. The minimum atomic E-state index is 0.120. The molecule has 484 valence electrons. The first-order valence-electron chi connectivity index (χ1n) is 32.9. The Bertz CT molecular complexity index is 2060. The zero-order valence-corrected chi connectivity index (χ0v) is 57.9. The average Bonchev–Trinajstić information content (AvgIpc) is 3.90. The molecule has 1 amide bonds. The third-order valence-electron chi connectivity index (χ3n) is 13.9. The Kier molecular flexibility index (Phi) is 40.5. The van der Waals surface area contributed by atoms with E-state index in [9.17, 15) is 4.79 Å². The first-order valence-corrected chi connectivity index (χ1v) is 32.9. The van der Waals surface area contributed by atoms with Crippen molar-refractivity contribution in [2.45, 2.75) is 255 Å². The van der Waals surface area contributed by atoms with Gasteiger partial charge >= 0.3 is 0 Å². The minimum Gasteiger partial charge on any atom is -0.492 e. The SMILES string of the molecule is CCCc1cccc(OCCNC(C)(C)C)c1.CCOCCC(=O)N1CC[C@@H](NC(C)(C)C)C1.CCOCCN1CCC(NC(C)(C)C)CC1.CCOCCc1ccc(CNC(C)(C)C)cc1.CCc1ccc(CCCCNC(C)(C)C)cc1. The zero-order valence-electron chi connectivity index (χ0n) is 57.9. The van der Waals surface area contributed by atoms with E-state index in [2.05, 4.69) is 223 Å².